The highest BCUT2D eigenvalue weighted by Gasteiger charge is 2.41. The first-order chi connectivity index (χ1) is 13.7. The number of carbonyl (C=O) groups is 2. The van der Waals surface area contributed by atoms with E-state index in [2.05, 4.69) is 31.9 Å². The number of benzene rings is 2. The van der Waals surface area contributed by atoms with Crippen molar-refractivity contribution in [2.75, 3.05) is 23.8 Å². The van der Waals surface area contributed by atoms with Crippen LogP contribution in [0.4, 0.5) is 5.69 Å². The van der Waals surface area contributed by atoms with Crippen molar-refractivity contribution in [2.45, 2.75) is 25.3 Å². The van der Waals surface area contributed by atoms with Crippen LogP contribution in [0.25, 0.3) is 0 Å². The number of alkyl halides is 1. The lowest BCUT2D eigenvalue weighted by atomic mass is 9.89. The molecule has 0 aliphatic heterocycles. The summed E-state index contributed by atoms with van der Waals surface area (Å²) in [6, 6.07) is 12.7. The maximum absolute atomic E-state index is 13.6. The van der Waals surface area contributed by atoms with Crippen LogP contribution in [0, 0.1) is 0 Å². The molecule has 156 valence electrons. The first-order valence-electron chi connectivity index (χ1n) is 8.98. The summed E-state index contributed by atoms with van der Waals surface area (Å²) in [6.07, 6.45) is 1.85. The third-order valence-corrected chi connectivity index (χ3v) is 6.28. The maximum atomic E-state index is 13.6. The van der Waals surface area contributed by atoms with Crippen LogP contribution in [0.2, 0.25) is 10.0 Å². The fourth-order valence-electron chi connectivity index (χ4n) is 3.16. The first kappa shape index (κ1) is 24.2. The molecule has 0 fully saturated rings. The minimum atomic E-state index is -1.08. The number of nitrogens with zero attached hydrogens (tertiary/aromatic N) is 2. The quantitative estimate of drug-likeness (QED) is 0.278. The Morgan fingerprint density at radius 2 is 1.72 bits per heavy atom. The molecule has 2 rings (SSSR count). The summed E-state index contributed by atoms with van der Waals surface area (Å²) >= 11 is 19.1. The number of amides is 2. The Morgan fingerprint density at radius 1 is 1.14 bits per heavy atom. The van der Waals surface area contributed by atoms with Crippen molar-refractivity contribution in [1.29, 1.82) is 0 Å². The molecule has 2 aromatic carbocycles. The van der Waals surface area contributed by atoms with Crippen molar-refractivity contribution < 1.29 is 9.59 Å². The molecule has 29 heavy (non-hydrogen) atoms. The van der Waals surface area contributed by atoms with E-state index in [-0.39, 0.29) is 5.91 Å². The van der Waals surface area contributed by atoms with Gasteiger partial charge in [-0.1, -0.05) is 67.2 Å². The normalized spacial score (nSPS) is 12.9. The van der Waals surface area contributed by atoms with Crippen molar-refractivity contribution in [3.63, 3.8) is 0 Å². The lowest BCUT2D eigenvalue weighted by molar-refractivity contribution is -0.137. The predicted octanol–water partition coefficient (Wildman–Crippen LogP) is 5.96. The Balaban J connectivity index is 2.44. The van der Waals surface area contributed by atoms with E-state index in [9.17, 15) is 9.59 Å². The molecule has 0 heterocycles. The molecule has 0 aliphatic carbocycles. The van der Waals surface area contributed by atoms with Crippen LogP contribution in [-0.2, 0) is 16.0 Å². The van der Waals surface area contributed by atoms with E-state index >= 15 is 0 Å². The highest BCUT2D eigenvalue weighted by atomic mass is 79.9. The molecular weight excluding hydrogens is 543 g/mol. The topological polar surface area (TPSA) is 40.6 Å². The zero-order valence-electron chi connectivity index (χ0n) is 16.2. The number of halogens is 4. The van der Waals surface area contributed by atoms with Crippen LogP contribution >= 0.6 is 55.1 Å². The van der Waals surface area contributed by atoms with Crippen molar-refractivity contribution in [2.24, 2.45) is 0 Å². The Bertz CT molecular complexity index is 844. The monoisotopic (exact) mass is 562 g/mol. The van der Waals surface area contributed by atoms with Gasteiger partial charge in [0, 0.05) is 45.5 Å². The van der Waals surface area contributed by atoms with Gasteiger partial charge in [-0.05, 0) is 49.2 Å². The molecule has 0 spiro atoms. The number of likely N-dealkylation sites (N-methyl/N-ethyl adjacent to an activating group) is 1. The van der Waals surface area contributed by atoms with Crippen LogP contribution in [0.15, 0.2) is 46.9 Å². The van der Waals surface area contributed by atoms with E-state index < -0.39 is 5.54 Å². The molecule has 1 atom stereocenters. The van der Waals surface area contributed by atoms with Gasteiger partial charge in [-0.2, -0.15) is 0 Å². The zero-order valence-corrected chi connectivity index (χ0v) is 20.9. The number of anilines is 1. The van der Waals surface area contributed by atoms with E-state index in [0.717, 1.165) is 28.2 Å². The van der Waals surface area contributed by atoms with E-state index in [1.54, 1.807) is 37.1 Å². The van der Waals surface area contributed by atoms with E-state index in [0.29, 0.717) is 28.7 Å². The second-order valence-corrected chi connectivity index (χ2v) is 9.49. The lowest BCUT2D eigenvalue weighted by Gasteiger charge is -2.40. The van der Waals surface area contributed by atoms with Gasteiger partial charge < -0.3 is 9.80 Å². The third-order valence-electron chi connectivity index (χ3n) is 4.76. The Hall–Kier alpha value is -1.08. The first-order valence-corrected chi connectivity index (χ1v) is 11.6. The zero-order chi connectivity index (χ0) is 21.6. The van der Waals surface area contributed by atoms with Crippen molar-refractivity contribution in [3.8, 4) is 0 Å². The second-order valence-electron chi connectivity index (χ2n) is 6.91. The molecule has 0 radical (unpaired) electrons. The summed E-state index contributed by atoms with van der Waals surface area (Å²) in [5.74, 6) is -0.222. The Morgan fingerprint density at radius 3 is 2.24 bits per heavy atom. The maximum Gasteiger partial charge on any atom is 0.252 e. The van der Waals surface area contributed by atoms with Gasteiger partial charge in [0.05, 0.1) is 0 Å². The summed E-state index contributed by atoms with van der Waals surface area (Å²) in [6.45, 7) is 2.25. The molecular formula is C21H22Br2Cl2N2O2. The average molecular weight is 565 g/mol. The molecule has 8 heteroatoms. The van der Waals surface area contributed by atoms with Crippen molar-refractivity contribution in [3.05, 3.63) is 62.5 Å². The molecule has 2 amide bonds. The molecule has 0 aliphatic rings. The van der Waals surface area contributed by atoms with Gasteiger partial charge in [-0.15, -0.1) is 0 Å². The molecule has 0 saturated carbocycles. The van der Waals surface area contributed by atoms with Gasteiger partial charge in [0.15, 0.2) is 0 Å². The van der Waals surface area contributed by atoms with E-state index in [4.69, 9.17) is 23.2 Å². The number of rotatable bonds is 9. The van der Waals surface area contributed by atoms with Crippen LogP contribution in [0.3, 0.4) is 0 Å². The minimum Gasteiger partial charge on any atom is -0.330 e. The predicted molar refractivity (Wildman–Crippen MR) is 127 cm³/mol. The largest absolute Gasteiger partial charge is 0.330 e. The van der Waals surface area contributed by atoms with Crippen LogP contribution in [-0.4, -0.2) is 41.7 Å². The van der Waals surface area contributed by atoms with Gasteiger partial charge in [0.1, 0.15) is 5.54 Å². The average Bonchev–Trinajstić information content (AvgIpc) is 2.68. The van der Waals surface area contributed by atoms with E-state index in [1.165, 1.54) is 4.90 Å². The molecule has 0 unspecified atom stereocenters. The van der Waals surface area contributed by atoms with Gasteiger partial charge >= 0.3 is 0 Å². The van der Waals surface area contributed by atoms with Gasteiger partial charge in [0.2, 0.25) is 6.41 Å². The minimum absolute atomic E-state index is 0.222. The Kier molecular flexibility index (Phi) is 9.01. The lowest BCUT2D eigenvalue weighted by Crippen LogP contribution is -2.58. The highest BCUT2D eigenvalue weighted by molar-refractivity contribution is 9.10. The third kappa shape index (κ3) is 6.20. The summed E-state index contributed by atoms with van der Waals surface area (Å²) in [5.41, 5.74) is 0.439. The number of carbonyl (C=O) groups excluding carboxylic acids is 2. The van der Waals surface area contributed by atoms with Gasteiger partial charge in [-0.25, -0.2) is 0 Å². The van der Waals surface area contributed by atoms with Gasteiger partial charge in [-0.3, -0.25) is 9.59 Å². The van der Waals surface area contributed by atoms with E-state index in [1.807, 2.05) is 24.3 Å². The fourth-order valence-corrected chi connectivity index (χ4v) is 4.19. The van der Waals surface area contributed by atoms with Crippen molar-refractivity contribution >= 4 is 73.1 Å². The van der Waals surface area contributed by atoms with Gasteiger partial charge in [0.25, 0.3) is 5.91 Å². The summed E-state index contributed by atoms with van der Waals surface area (Å²) in [5, 5.41) is 1.61. The number of hydrogen-bond acceptors (Lipinski definition) is 2. The van der Waals surface area contributed by atoms with Crippen molar-refractivity contribution in [1.82, 2.24) is 4.90 Å². The molecule has 0 N–H and O–H groups in total. The van der Waals surface area contributed by atoms with Crippen LogP contribution < -0.4 is 4.90 Å². The molecule has 0 aromatic heterocycles. The van der Waals surface area contributed by atoms with Crippen LogP contribution in [0.1, 0.15) is 18.9 Å². The summed E-state index contributed by atoms with van der Waals surface area (Å²) in [7, 11) is 1.66. The SMILES string of the molecule is CN(C(=O)[C@@](C)(Cc1ccc(Br)cc1)N(C=O)CCCBr)c1cc(Cl)cc(Cl)c1. The molecule has 2 aromatic rings. The summed E-state index contributed by atoms with van der Waals surface area (Å²) < 4.78 is 0.950. The molecule has 4 nitrogen and oxygen atoms in total. The fraction of sp³-hybridized carbons (Fsp3) is 0.333. The smallest absolute Gasteiger partial charge is 0.252 e. The second kappa shape index (κ2) is 10.8. The number of hydrogen-bond donors (Lipinski definition) is 0. The summed E-state index contributed by atoms with van der Waals surface area (Å²) in [4.78, 5) is 28.7. The standard InChI is InChI=1S/C21H22Br2Cl2N2O2/c1-21(27(14-28)9-3-8-22,13-15-4-6-16(23)7-5-15)20(29)26(2)19-11-17(24)10-18(25)12-19/h4-7,10-12,14H,3,8-9,13H2,1-2H3/t21-/m1/s1. The Labute approximate surface area is 198 Å². The highest BCUT2D eigenvalue weighted by Crippen LogP contribution is 2.29. The van der Waals surface area contributed by atoms with Crippen LogP contribution in [0.5, 0.6) is 0 Å². The molecule has 0 bridgehead atoms. The molecule has 0 saturated heterocycles.